The quantitative estimate of drug-likeness (QED) is 0.308. The Morgan fingerprint density at radius 3 is 2.09 bits per heavy atom. The first-order valence-electron chi connectivity index (χ1n) is 12.5. The van der Waals surface area contributed by atoms with Gasteiger partial charge in [-0.3, -0.25) is 4.79 Å². The smallest absolute Gasteiger partial charge is 0.475 e. The van der Waals surface area contributed by atoms with Crippen molar-refractivity contribution in [2.75, 3.05) is 41.7 Å². The van der Waals surface area contributed by atoms with Crippen molar-refractivity contribution in [3.8, 4) is 17.3 Å². The lowest BCUT2D eigenvalue weighted by Gasteiger charge is -2.37. The first-order valence-corrected chi connectivity index (χ1v) is 12.5. The normalized spacial score (nSPS) is 15.0. The van der Waals surface area contributed by atoms with Gasteiger partial charge in [-0.15, -0.1) is 0 Å². The number of hydrogen-bond donors (Lipinski definition) is 4. The third kappa shape index (κ3) is 6.92. The topological polar surface area (TPSA) is 183 Å². The summed E-state index contributed by atoms with van der Waals surface area (Å²) in [5.41, 5.74) is 8.85. The number of nitriles is 1. The molecule has 2 aromatic carbocycles. The number of para-hydroxylation sites is 1. The molecule has 6 N–H and O–H groups in total. The molecule has 44 heavy (non-hydrogen) atoms. The number of anilines is 3. The van der Waals surface area contributed by atoms with Crippen molar-refractivity contribution in [3.63, 3.8) is 0 Å². The van der Waals surface area contributed by atoms with E-state index in [4.69, 9.17) is 21.4 Å². The first kappa shape index (κ1) is 33.4. The van der Waals surface area contributed by atoms with Gasteiger partial charge in [-0.05, 0) is 30.7 Å². The number of carboxylic acid groups (broad SMARTS) is 1. The lowest BCUT2D eigenvalue weighted by atomic mass is 9.89. The Labute approximate surface area is 245 Å². The molecule has 1 atom stereocenters. The minimum atomic E-state index is -5.33. The molecule has 1 unspecified atom stereocenters. The lowest BCUT2D eigenvalue weighted by molar-refractivity contribution is -0.255. The van der Waals surface area contributed by atoms with Crippen LogP contribution in [0, 0.1) is 18.3 Å². The van der Waals surface area contributed by atoms with Crippen LogP contribution < -0.4 is 21.3 Å². The van der Waals surface area contributed by atoms with Crippen LogP contribution in [-0.2, 0) is 15.2 Å². The molecule has 1 saturated heterocycles. The van der Waals surface area contributed by atoms with Crippen LogP contribution in [0.5, 0.6) is 0 Å². The number of nitrogen functional groups attached to an aromatic ring is 1. The van der Waals surface area contributed by atoms with Crippen LogP contribution in [0.4, 0.5) is 43.7 Å². The molecule has 11 nitrogen and oxygen atoms in total. The summed E-state index contributed by atoms with van der Waals surface area (Å²) in [4.78, 5) is 33.3. The average Bonchev–Trinajstić information content (AvgIpc) is 2.96. The molecule has 0 saturated carbocycles. The summed E-state index contributed by atoms with van der Waals surface area (Å²) < 4.78 is 72.6. The molecular formula is C27H25F6N7O4. The number of piperazine rings is 1. The summed E-state index contributed by atoms with van der Waals surface area (Å²) in [5.74, 6) is -4.19. The first-order chi connectivity index (χ1) is 20.4. The molecule has 1 amide bonds. The fraction of sp³-hybridized carbons (Fsp3) is 0.296. The van der Waals surface area contributed by atoms with Gasteiger partial charge in [-0.2, -0.15) is 31.6 Å². The zero-order chi connectivity index (χ0) is 33.0. The van der Waals surface area contributed by atoms with E-state index in [1.54, 1.807) is 19.1 Å². The molecule has 1 fully saturated rings. The van der Waals surface area contributed by atoms with E-state index >= 15 is 0 Å². The molecule has 0 radical (unpaired) electrons. The molecule has 17 heteroatoms. The number of hydrogen-bond acceptors (Lipinski definition) is 9. The number of carboxylic acids is 1. The van der Waals surface area contributed by atoms with Crippen molar-refractivity contribution in [1.82, 2.24) is 9.97 Å². The van der Waals surface area contributed by atoms with Gasteiger partial charge in [0.05, 0.1) is 23.1 Å². The maximum absolute atomic E-state index is 13.6. The second-order valence-electron chi connectivity index (χ2n) is 9.47. The molecule has 0 spiro atoms. The van der Waals surface area contributed by atoms with Crippen LogP contribution in [0.2, 0.25) is 0 Å². The van der Waals surface area contributed by atoms with E-state index in [0.29, 0.717) is 43.1 Å². The average molecular weight is 626 g/mol. The SMILES string of the molecule is Cc1ccc(C(O)(C(N)=O)C(F)(F)F)cc1-c1cnc(N)c(N2CCN(c3ccccc3C#N)CC2)n1.O=C(O)C(F)(F)F. The van der Waals surface area contributed by atoms with Gasteiger partial charge in [0, 0.05) is 37.3 Å². The summed E-state index contributed by atoms with van der Waals surface area (Å²) in [6, 6.07) is 12.9. The number of aryl methyl sites for hydroxylation is 1. The fourth-order valence-corrected chi connectivity index (χ4v) is 4.32. The summed E-state index contributed by atoms with van der Waals surface area (Å²) in [6.07, 6.45) is -9.09. The Balaban J connectivity index is 0.000000676. The van der Waals surface area contributed by atoms with Gasteiger partial charge >= 0.3 is 18.3 Å². The number of aromatic nitrogens is 2. The summed E-state index contributed by atoms with van der Waals surface area (Å²) >= 11 is 0. The molecule has 2 heterocycles. The Hall–Kier alpha value is -5.11. The largest absolute Gasteiger partial charge is 0.490 e. The highest BCUT2D eigenvalue weighted by atomic mass is 19.4. The molecular weight excluding hydrogens is 600 g/mol. The van der Waals surface area contributed by atoms with Crippen molar-refractivity contribution in [2.45, 2.75) is 24.9 Å². The Bertz CT molecular complexity index is 1580. The number of alkyl halides is 6. The second kappa shape index (κ2) is 12.6. The predicted octanol–water partition coefficient (Wildman–Crippen LogP) is 3.10. The monoisotopic (exact) mass is 625 g/mol. The fourth-order valence-electron chi connectivity index (χ4n) is 4.32. The van der Waals surface area contributed by atoms with Crippen LogP contribution >= 0.6 is 0 Å². The minimum absolute atomic E-state index is 0.146. The molecule has 4 rings (SSSR count). The molecule has 0 aliphatic carbocycles. The predicted molar refractivity (Wildman–Crippen MR) is 145 cm³/mol. The molecule has 1 aliphatic heterocycles. The van der Waals surface area contributed by atoms with Gasteiger partial charge in [-0.25, -0.2) is 14.8 Å². The van der Waals surface area contributed by atoms with Crippen LogP contribution in [0.25, 0.3) is 11.3 Å². The zero-order valence-electron chi connectivity index (χ0n) is 22.8. The number of carbonyl (C=O) groups excluding carboxylic acids is 1. The number of primary amides is 1. The van der Waals surface area contributed by atoms with Crippen molar-refractivity contribution < 1.29 is 46.1 Å². The van der Waals surface area contributed by atoms with Crippen molar-refractivity contribution >= 4 is 29.2 Å². The Morgan fingerprint density at radius 1 is 1.00 bits per heavy atom. The van der Waals surface area contributed by atoms with E-state index in [-0.39, 0.29) is 17.1 Å². The van der Waals surface area contributed by atoms with Crippen molar-refractivity contribution in [3.05, 3.63) is 65.4 Å². The van der Waals surface area contributed by atoms with Crippen molar-refractivity contribution in [1.29, 1.82) is 5.26 Å². The number of rotatable bonds is 5. The third-order valence-corrected chi connectivity index (χ3v) is 6.67. The summed E-state index contributed by atoms with van der Waals surface area (Å²) in [7, 11) is 0. The van der Waals surface area contributed by atoms with E-state index < -0.39 is 35.4 Å². The maximum atomic E-state index is 13.6. The molecule has 1 aliphatic rings. The maximum Gasteiger partial charge on any atom is 0.490 e. The van der Waals surface area contributed by atoms with E-state index in [2.05, 4.69) is 20.9 Å². The minimum Gasteiger partial charge on any atom is -0.475 e. The van der Waals surface area contributed by atoms with Gasteiger partial charge in [0.15, 0.2) is 11.6 Å². The number of aliphatic hydroxyl groups is 1. The van der Waals surface area contributed by atoms with Crippen LogP contribution in [0.15, 0.2) is 48.7 Å². The van der Waals surface area contributed by atoms with Gasteiger partial charge in [-0.1, -0.05) is 24.3 Å². The second-order valence-corrected chi connectivity index (χ2v) is 9.47. The van der Waals surface area contributed by atoms with Gasteiger partial charge in [0.2, 0.25) is 0 Å². The highest BCUT2D eigenvalue weighted by Gasteiger charge is 2.60. The number of nitrogens with two attached hydrogens (primary N) is 2. The van der Waals surface area contributed by atoms with Crippen molar-refractivity contribution in [2.24, 2.45) is 5.73 Å². The van der Waals surface area contributed by atoms with Crippen LogP contribution in [-0.4, -0.2) is 70.6 Å². The summed E-state index contributed by atoms with van der Waals surface area (Å²) in [5, 5.41) is 26.7. The Kier molecular flexibility index (Phi) is 9.59. The lowest BCUT2D eigenvalue weighted by Crippen LogP contribution is -2.52. The standard InChI is InChI=1S/C25H24F3N7O2.C2HF3O2/c1-15-6-7-17(24(37,23(31)36)25(26,27)28)12-18(15)19-14-32-21(30)22(33-19)35-10-8-34(9-11-35)20-5-3-2-4-16(20)13-29;3-2(4,5)1(6)7/h2-7,12,14,37H,8-11H2,1H3,(H2,30,32)(H2,31,36);(H,6,7). The van der Waals surface area contributed by atoms with Crippen LogP contribution in [0.3, 0.4) is 0 Å². The van der Waals surface area contributed by atoms with Gasteiger partial charge in [0.25, 0.3) is 11.5 Å². The molecule has 0 bridgehead atoms. The Morgan fingerprint density at radius 2 is 1.57 bits per heavy atom. The number of benzene rings is 2. The number of halogens is 6. The van der Waals surface area contributed by atoms with E-state index in [9.17, 15) is 41.5 Å². The third-order valence-electron chi connectivity index (χ3n) is 6.67. The molecule has 3 aromatic rings. The summed E-state index contributed by atoms with van der Waals surface area (Å²) in [6.45, 7) is 3.83. The van der Waals surface area contributed by atoms with Crippen LogP contribution in [0.1, 0.15) is 16.7 Å². The number of nitrogens with zero attached hydrogens (tertiary/aromatic N) is 5. The van der Waals surface area contributed by atoms with E-state index in [0.717, 1.165) is 17.8 Å². The number of aliphatic carboxylic acids is 1. The van der Waals surface area contributed by atoms with E-state index in [1.165, 1.54) is 12.3 Å². The zero-order valence-corrected chi connectivity index (χ0v) is 22.8. The molecule has 1 aromatic heterocycles. The van der Waals surface area contributed by atoms with E-state index in [1.807, 2.05) is 17.0 Å². The number of carbonyl (C=O) groups is 2. The van der Waals surface area contributed by atoms with Gasteiger partial charge in [0.1, 0.15) is 6.07 Å². The number of amides is 1. The highest BCUT2D eigenvalue weighted by molar-refractivity contribution is 5.86. The molecule has 234 valence electrons. The van der Waals surface area contributed by atoms with Gasteiger partial charge < -0.3 is 31.5 Å². The highest BCUT2D eigenvalue weighted by Crippen LogP contribution is 2.40.